The van der Waals surface area contributed by atoms with Crippen LogP contribution in [0.25, 0.3) is 0 Å². The fourth-order valence-corrected chi connectivity index (χ4v) is 1.35. The SMILES string of the molecule is CN(CCN)Cc1ccnc(Cl)c1. The van der Waals surface area contributed by atoms with Gasteiger partial charge in [0.15, 0.2) is 0 Å². The van der Waals surface area contributed by atoms with Gasteiger partial charge in [-0.05, 0) is 24.7 Å². The lowest BCUT2D eigenvalue weighted by molar-refractivity contribution is 0.336. The number of aromatic nitrogens is 1. The van der Waals surface area contributed by atoms with Crippen molar-refractivity contribution in [2.24, 2.45) is 5.73 Å². The molecule has 0 aliphatic rings. The fourth-order valence-electron chi connectivity index (χ4n) is 1.15. The summed E-state index contributed by atoms with van der Waals surface area (Å²) in [6.07, 6.45) is 1.72. The van der Waals surface area contributed by atoms with Gasteiger partial charge >= 0.3 is 0 Å². The second-order valence-electron chi connectivity index (χ2n) is 3.01. The lowest BCUT2D eigenvalue weighted by Gasteiger charge is -2.14. The van der Waals surface area contributed by atoms with Crippen LogP contribution in [-0.2, 0) is 6.54 Å². The quantitative estimate of drug-likeness (QED) is 0.740. The molecule has 0 atom stereocenters. The molecular formula is C9H14ClN3. The fraction of sp³-hybridized carbons (Fsp3) is 0.444. The van der Waals surface area contributed by atoms with Gasteiger partial charge < -0.3 is 10.6 Å². The topological polar surface area (TPSA) is 42.1 Å². The Kier molecular flexibility index (Phi) is 4.15. The minimum atomic E-state index is 0.540. The Labute approximate surface area is 83.5 Å². The second kappa shape index (κ2) is 5.17. The highest BCUT2D eigenvalue weighted by molar-refractivity contribution is 6.29. The van der Waals surface area contributed by atoms with E-state index in [-0.39, 0.29) is 0 Å². The average molecular weight is 200 g/mol. The Morgan fingerprint density at radius 2 is 2.38 bits per heavy atom. The van der Waals surface area contributed by atoms with E-state index >= 15 is 0 Å². The van der Waals surface area contributed by atoms with Crippen LogP contribution >= 0.6 is 11.6 Å². The van der Waals surface area contributed by atoms with E-state index in [1.807, 2.05) is 19.2 Å². The van der Waals surface area contributed by atoms with Crippen LogP contribution < -0.4 is 5.73 Å². The highest BCUT2D eigenvalue weighted by Crippen LogP contribution is 2.08. The Morgan fingerprint density at radius 1 is 1.62 bits per heavy atom. The minimum Gasteiger partial charge on any atom is -0.329 e. The van der Waals surface area contributed by atoms with Crippen molar-refractivity contribution >= 4 is 11.6 Å². The molecule has 13 heavy (non-hydrogen) atoms. The van der Waals surface area contributed by atoms with Crippen LogP contribution in [0.5, 0.6) is 0 Å². The van der Waals surface area contributed by atoms with Crippen LogP contribution in [0.1, 0.15) is 5.56 Å². The van der Waals surface area contributed by atoms with E-state index < -0.39 is 0 Å². The molecule has 72 valence electrons. The molecule has 0 spiro atoms. The number of nitrogens with two attached hydrogens (primary N) is 1. The Bertz CT molecular complexity index is 265. The Morgan fingerprint density at radius 3 is 3.00 bits per heavy atom. The van der Waals surface area contributed by atoms with Crippen molar-refractivity contribution in [2.45, 2.75) is 6.54 Å². The summed E-state index contributed by atoms with van der Waals surface area (Å²) in [6, 6.07) is 3.83. The molecule has 0 unspecified atom stereocenters. The van der Waals surface area contributed by atoms with Crippen molar-refractivity contribution in [3.63, 3.8) is 0 Å². The van der Waals surface area contributed by atoms with E-state index in [0.717, 1.165) is 18.7 Å². The largest absolute Gasteiger partial charge is 0.329 e. The number of hydrogen-bond donors (Lipinski definition) is 1. The highest BCUT2D eigenvalue weighted by Gasteiger charge is 1.99. The first-order valence-corrected chi connectivity index (χ1v) is 4.59. The maximum Gasteiger partial charge on any atom is 0.129 e. The number of hydrogen-bond acceptors (Lipinski definition) is 3. The monoisotopic (exact) mass is 199 g/mol. The van der Waals surface area contributed by atoms with Crippen molar-refractivity contribution in [3.05, 3.63) is 29.0 Å². The third-order valence-corrected chi connectivity index (χ3v) is 1.96. The molecule has 1 rings (SSSR count). The molecule has 0 aliphatic carbocycles. The summed E-state index contributed by atoms with van der Waals surface area (Å²) in [6.45, 7) is 2.43. The zero-order chi connectivity index (χ0) is 9.68. The lowest BCUT2D eigenvalue weighted by Crippen LogP contribution is -2.24. The van der Waals surface area contributed by atoms with Gasteiger partial charge in [0, 0.05) is 25.8 Å². The van der Waals surface area contributed by atoms with E-state index in [1.54, 1.807) is 6.20 Å². The standard InChI is InChI=1S/C9H14ClN3/c1-13(5-3-11)7-8-2-4-12-9(10)6-8/h2,4,6H,3,5,7,11H2,1H3. The summed E-state index contributed by atoms with van der Waals surface area (Å²) in [5.41, 5.74) is 6.60. The zero-order valence-corrected chi connectivity index (χ0v) is 8.46. The molecule has 3 nitrogen and oxygen atoms in total. The van der Waals surface area contributed by atoms with Crippen LogP contribution in [0, 0.1) is 0 Å². The van der Waals surface area contributed by atoms with Gasteiger partial charge in [-0.25, -0.2) is 4.98 Å². The van der Waals surface area contributed by atoms with E-state index in [4.69, 9.17) is 17.3 Å². The lowest BCUT2D eigenvalue weighted by atomic mass is 10.2. The van der Waals surface area contributed by atoms with Gasteiger partial charge in [0.1, 0.15) is 5.15 Å². The predicted molar refractivity (Wildman–Crippen MR) is 54.6 cm³/mol. The first-order valence-electron chi connectivity index (χ1n) is 4.21. The van der Waals surface area contributed by atoms with Gasteiger partial charge in [0.25, 0.3) is 0 Å². The summed E-state index contributed by atoms with van der Waals surface area (Å²) in [5, 5.41) is 0.540. The van der Waals surface area contributed by atoms with Crippen LogP contribution in [0.15, 0.2) is 18.3 Å². The number of pyridine rings is 1. The molecule has 0 aromatic carbocycles. The smallest absolute Gasteiger partial charge is 0.129 e. The van der Waals surface area contributed by atoms with Crippen LogP contribution in [0.2, 0.25) is 5.15 Å². The van der Waals surface area contributed by atoms with Crippen LogP contribution in [0.3, 0.4) is 0 Å². The molecule has 0 radical (unpaired) electrons. The van der Waals surface area contributed by atoms with Gasteiger partial charge in [-0.3, -0.25) is 0 Å². The summed E-state index contributed by atoms with van der Waals surface area (Å²) >= 11 is 5.75. The molecule has 0 fully saturated rings. The van der Waals surface area contributed by atoms with E-state index in [1.165, 1.54) is 0 Å². The van der Waals surface area contributed by atoms with Crippen molar-refractivity contribution < 1.29 is 0 Å². The molecule has 2 N–H and O–H groups in total. The Hall–Kier alpha value is -0.640. The molecule has 4 heteroatoms. The Balaban J connectivity index is 2.53. The van der Waals surface area contributed by atoms with Gasteiger partial charge in [-0.2, -0.15) is 0 Å². The molecule has 0 aliphatic heterocycles. The number of likely N-dealkylation sites (N-methyl/N-ethyl adjacent to an activating group) is 1. The number of halogens is 1. The third-order valence-electron chi connectivity index (χ3n) is 1.75. The molecule has 1 aromatic heterocycles. The van der Waals surface area contributed by atoms with Crippen molar-refractivity contribution in [2.75, 3.05) is 20.1 Å². The summed E-state index contributed by atoms with van der Waals surface area (Å²) in [4.78, 5) is 6.06. The molecule has 0 saturated carbocycles. The highest BCUT2D eigenvalue weighted by atomic mass is 35.5. The molecular weight excluding hydrogens is 186 g/mol. The van der Waals surface area contributed by atoms with Gasteiger partial charge in [0.2, 0.25) is 0 Å². The van der Waals surface area contributed by atoms with E-state index in [2.05, 4.69) is 9.88 Å². The number of nitrogens with zero attached hydrogens (tertiary/aromatic N) is 2. The van der Waals surface area contributed by atoms with Crippen molar-refractivity contribution in [1.29, 1.82) is 0 Å². The van der Waals surface area contributed by atoms with Crippen LogP contribution in [-0.4, -0.2) is 30.0 Å². The summed E-state index contributed by atoms with van der Waals surface area (Å²) in [5.74, 6) is 0. The van der Waals surface area contributed by atoms with Gasteiger partial charge in [0.05, 0.1) is 0 Å². The summed E-state index contributed by atoms with van der Waals surface area (Å²) in [7, 11) is 2.03. The van der Waals surface area contributed by atoms with E-state index in [9.17, 15) is 0 Å². The van der Waals surface area contributed by atoms with Gasteiger partial charge in [-0.1, -0.05) is 11.6 Å². The first kappa shape index (κ1) is 10.4. The normalized spacial score (nSPS) is 10.8. The number of rotatable bonds is 4. The van der Waals surface area contributed by atoms with E-state index in [0.29, 0.717) is 11.7 Å². The third kappa shape index (κ3) is 3.72. The zero-order valence-electron chi connectivity index (χ0n) is 7.70. The summed E-state index contributed by atoms with van der Waals surface area (Å²) < 4.78 is 0. The van der Waals surface area contributed by atoms with Crippen molar-refractivity contribution in [1.82, 2.24) is 9.88 Å². The maximum atomic E-state index is 5.75. The second-order valence-corrected chi connectivity index (χ2v) is 3.40. The maximum absolute atomic E-state index is 5.75. The molecule has 1 aromatic rings. The molecule has 0 amide bonds. The van der Waals surface area contributed by atoms with Gasteiger partial charge in [-0.15, -0.1) is 0 Å². The molecule has 0 bridgehead atoms. The average Bonchev–Trinajstić information content (AvgIpc) is 2.04. The molecule has 0 saturated heterocycles. The minimum absolute atomic E-state index is 0.540. The molecule has 1 heterocycles. The van der Waals surface area contributed by atoms with Crippen LogP contribution in [0.4, 0.5) is 0 Å². The van der Waals surface area contributed by atoms with Crippen molar-refractivity contribution in [3.8, 4) is 0 Å². The predicted octanol–water partition coefficient (Wildman–Crippen LogP) is 1.13. The first-order chi connectivity index (χ1) is 6.22.